The molecule has 1 rings (SSSR count). The molecule has 0 fully saturated rings. The molecule has 1 aromatic carbocycles. The molecule has 0 aliphatic heterocycles. The third-order valence-corrected chi connectivity index (χ3v) is 7.75. The Hall–Kier alpha value is -0.0000000000000000416. The second-order valence-electron chi connectivity index (χ2n) is 3.89. The van der Waals surface area contributed by atoms with Crippen LogP contribution in [0.4, 0.5) is 0 Å². The van der Waals surface area contributed by atoms with Gasteiger partial charge in [-0.15, -0.1) is 0 Å². The minimum Gasteiger partial charge on any atom is -0.324 e. The summed E-state index contributed by atoms with van der Waals surface area (Å²) in [5.41, 5.74) is 0.215. The van der Waals surface area contributed by atoms with Crippen molar-refractivity contribution < 1.29 is 28.0 Å². The van der Waals surface area contributed by atoms with E-state index in [4.69, 9.17) is 9.05 Å². The lowest BCUT2D eigenvalue weighted by molar-refractivity contribution is 0.214. The number of hydrogen-bond acceptors (Lipinski definition) is 4. The average molecular weight is 387 g/mol. The zero-order chi connectivity index (χ0) is 15.4. The minimum absolute atomic E-state index is 0.0320. The number of halogens is 1. The van der Waals surface area contributed by atoms with E-state index >= 15 is 0 Å². The molecule has 0 amide bonds. The molecule has 0 saturated carbocycles. The van der Waals surface area contributed by atoms with Gasteiger partial charge in [0.1, 0.15) is 0 Å². The van der Waals surface area contributed by atoms with Crippen molar-refractivity contribution in [2.24, 2.45) is 0 Å². The molecule has 9 heteroatoms. The molecule has 1 unspecified atom stereocenters. The zero-order valence-corrected chi connectivity index (χ0v) is 14.5. The molecule has 0 spiro atoms. The summed E-state index contributed by atoms with van der Waals surface area (Å²) in [5, 5.41) is -1.62. The van der Waals surface area contributed by atoms with Crippen molar-refractivity contribution in [1.29, 1.82) is 0 Å². The summed E-state index contributed by atoms with van der Waals surface area (Å²) >= 11 is 3.23. The minimum atomic E-state index is -4.72. The van der Waals surface area contributed by atoms with Gasteiger partial charge >= 0.3 is 15.2 Å². The molecule has 1 aromatic rings. The van der Waals surface area contributed by atoms with Crippen LogP contribution in [0.2, 0.25) is 0 Å². The van der Waals surface area contributed by atoms with Crippen LogP contribution in [0.25, 0.3) is 0 Å². The first-order valence-corrected chi connectivity index (χ1v) is 10.0. The summed E-state index contributed by atoms with van der Waals surface area (Å²) in [6.45, 7) is 3.24. The third kappa shape index (κ3) is 4.50. The molecule has 0 radical (unpaired) electrons. The largest absolute Gasteiger partial charge is 0.350 e. The van der Waals surface area contributed by atoms with Crippen LogP contribution in [0, 0.1) is 0 Å². The quantitative estimate of drug-likeness (QED) is 0.690. The average Bonchev–Trinajstić information content (AvgIpc) is 2.30. The smallest absolute Gasteiger partial charge is 0.324 e. The SMILES string of the molecule is CCOP(=O)(OCC)C(c1ccc(Br)cc1)P(=O)(O)O. The topological polar surface area (TPSA) is 93.1 Å². The molecule has 6 nitrogen and oxygen atoms in total. The molecule has 0 aliphatic carbocycles. The molecule has 0 bridgehead atoms. The highest BCUT2D eigenvalue weighted by Gasteiger charge is 2.48. The summed E-state index contributed by atoms with van der Waals surface area (Å²) in [4.78, 5) is 19.1. The lowest BCUT2D eigenvalue weighted by Crippen LogP contribution is -2.07. The predicted molar refractivity (Wildman–Crippen MR) is 79.8 cm³/mol. The highest BCUT2D eigenvalue weighted by Crippen LogP contribution is 2.74. The van der Waals surface area contributed by atoms with Gasteiger partial charge < -0.3 is 18.8 Å². The normalized spacial score (nSPS) is 14.2. The van der Waals surface area contributed by atoms with E-state index in [1.54, 1.807) is 26.0 Å². The Kier molecular flexibility index (Phi) is 6.61. The molecular weight excluding hydrogens is 370 g/mol. The van der Waals surface area contributed by atoms with Crippen molar-refractivity contribution in [2.45, 2.75) is 19.2 Å². The van der Waals surface area contributed by atoms with Crippen LogP contribution in [-0.2, 0) is 18.2 Å². The van der Waals surface area contributed by atoms with Gasteiger partial charge in [0.25, 0.3) is 0 Å². The van der Waals surface area contributed by atoms with E-state index in [2.05, 4.69) is 15.9 Å². The first-order valence-electron chi connectivity index (χ1n) is 5.94. The fourth-order valence-electron chi connectivity index (χ4n) is 1.73. The van der Waals surface area contributed by atoms with E-state index in [0.29, 0.717) is 0 Å². The van der Waals surface area contributed by atoms with E-state index in [1.165, 1.54) is 12.1 Å². The Balaban J connectivity index is 3.34. The molecule has 2 N–H and O–H groups in total. The number of benzene rings is 1. The lowest BCUT2D eigenvalue weighted by atomic mass is 10.2. The Bertz CT molecular complexity index is 516. The van der Waals surface area contributed by atoms with Crippen LogP contribution >= 0.6 is 31.1 Å². The van der Waals surface area contributed by atoms with Gasteiger partial charge in [-0.25, -0.2) is 0 Å². The second kappa shape index (κ2) is 7.32. The van der Waals surface area contributed by atoms with E-state index < -0.39 is 20.6 Å². The third-order valence-electron chi connectivity index (χ3n) is 2.40. The first kappa shape index (κ1) is 18.1. The number of rotatable bonds is 7. The highest BCUT2D eigenvalue weighted by atomic mass is 79.9. The maximum Gasteiger partial charge on any atom is 0.350 e. The van der Waals surface area contributed by atoms with Gasteiger partial charge in [0, 0.05) is 4.47 Å². The van der Waals surface area contributed by atoms with E-state index in [9.17, 15) is 18.9 Å². The van der Waals surface area contributed by atoms with Crippen LogP contribution < -0.4 is 0 Å². The molecule has 20 heavy (non-hydrogen) atoms. The Labute approximate surface area is 126 Å². The van der Waals surface area contributed by atoms with Crippen LogP contribution in [0.15, 0.2) is 28.7 Å². The standard InChI is InChI=1S/C11H17BrO6P2/c1-3-17-20(16,18-4-2)11(19(13,14)15)9-5-7-10(12)8-6-9/h5-8,11H,3-4H2,1-2H3,(H2,13,14,15). The highest BCUT2D eigenvalue weighted by molar-refractivity contribution is 9.10. The molecule has 0 aliphatic rings. The van der Waals surface area contributed by atoms with E-state index in [0.717, 1.165) is 4.47 Å². The Morgan fingerprint density at radius 1 is 1.10 bits per heavy atom. The van der Waals surface area contributed by atoms with E-state index in [1.807, 2.05) is 0 Å². The predicted octanol–water partition coefficient (Wildman–Crippen LogP) is 3.89. The Morgan fingerprint density at radius 2 is 1.55 bits per heavy atom. The summed E-state index contributed by atoms with van der Waals surface area (Å²) in [5.74, 6) is 0. The summed E-state index contributed by atoms with van der Waals surface area (Å²) in [6.07, 6.45) is 0. The first-order chi connectivity index (χ1) is 9.24. The Morgan fingerprint density at radius 3 is 1.90 bits per heavy atom. The van der Waals surface area contributed by atoms with E-state index in [-0.39, 0.29) is 18.8 Å². The zero-order valence-electron chi connectivity index (χ0n) is 11.1. The summed E-state index contributed by atoms with van der Waals surface area (Å²) in [7, 11) is -8.69. The molecule has 0 aromatic heterocycles. The van der Waals surface area contributed by atoms with Crippen molar-refractivity contribution in [3.63, 3.8) is 0 Å². The van der Waals surface area contributed by atoms with Crippen molar-refractivity contribution in [3.8, 4) is 0 Å². The van der Waals surface area contributed by atoms with Crippen LogP contribution in [0.3, 0.4) is 0 Å². The molecular formula is C11H17BrO6P2. The summed E-state index contributed by atoms with van der Waals surface area (Å²) in [6, 6.07) is 6.19. The molecule has 0 saturated heterocycles. The van der Waals surface area contributed by atoms with Gasteiger partial charge in [0.2, 0.25) is 0 Å². The second-order valence-corrected chi connectivity index (χ2v) is 9.02. The molecule has 1 atom stereocenters. The lowest BCUT2D eigenvalue weighted by Gasteiger charge is -2.27. The van der Waals surface area contributed by atoms with Crippen molar-refractivity contribution >= 4 is 31.1 Å². The molecule has 0 heterocycles. The molecule has 114 valence electrons. The van der Waals surface area contributed by atoms with Crippen molar-refractivity contribution in [2.75, 3.05) is 13.2 Å². The van der Waals surface area contributed by atoms with Crippen LogP contribution in [0.1, 0.15) is 24.8 Å². The van der Waals surface area contributed by atoms with Crippen molar-refractivity contribution in [1.82, 2.24) is 0 Å². The van der Waals surface area contributed by atoms with Gasteiger partial charge in [-0.1, -0.05) is 28.1 Å². The summed E-state index contributed by atoms with van der Waals surface area (Å²) < 4.78 is 35.3. The van der Waals surface area contributed by atoms with Crippen LogP contribution in [0.5, 0.6) is 0 Å². The van der Waals surface area contributed by atoms with Crippen molar-refractivity contribution in [3.05, 3.63) is 34.3 Å². The van der Waals surface area contributed by atoms with Gasteiger partial charge in [-0.3, -0.25) is 9.13 Å². The fraction of sp³-hybridized carbons (Fsp3) is 0.455. The van der Waals surface area contributed by atoms with Crippen LogP contribution in [-0.4, -0.2) is 23.0 Å². The monoisotopic (exact) mass is 386 g/mol. The van der Waals surface area contributed by atoms with Gasteiger partial charge in [-0.2, -0.15) is 0 Å². The van der Waals surface area contributed by atoms with Gasteiger partial charge in [0.05, 0.1) is 13.2 Å². The fourth-order valence-corrected chi connectivity index (χ4v) is 6.05. The van der Waals surface area contributed by atoms with Gasteiger partial charge in [-0.05, 0) is 31.5 Å². The number of hydrogen-bond donors (Lipinski definition) is 2. The van der Waals surface area contributed by atoms with Gasteiger partial charge in [0.15, 0.2) is 5.40 Å². The maximum atomic E-state index is 12.7. The maximum absolute atomic E-state index is 12.7.